The van der Waals surface area contributed by atoms with Gasteiger partial charge < -0.3 is 10.6 Å². The van der Waals surface area contributed by atoms with Crippen LogP contribution in [0.4, 0.5) is 5.69 Å². The van der Waals surface area contributed by atoms with Crippen LogP contribution in [0.5, 0.6) is 0 Å². The monoisotopic (exact) mass is 233 g/mol. The van der Waals surface area contributed by atoms with Crippen LogP contribution in [0.1, 0.15) is 30.4 Å². The lowest BCUT2D eigenvalue weighted by Gasteiger charge is -2.20. The Morgan fingerprint density at radius 1 is 1.29 bits per heavy atom. The fourth-order valence-electron chi connectivity index (χ4n) is 2.41. The molecule has 0 radical (unpaired) electrons. The molecule has 17 heavy (non-hydrogen) atoms. The maximum atomic E-state index is 12.1. The van der Waals surface area contributed by atoms with Gasteiger partial charge in [0.15, 0.2) is 6.04 Å². The zero-order valence-corrected chi connectivity index (χ0v) is 10.6. The van der Waals surface area contributed by atoms with E-state index in [9.17, 15) is 4.79 Å². The van der Waals surface area contributed by atoms with Crippen molar-refractivity contribution in [2.45, 2.75) is 39.2 Å². The number of rotatable bonds is 2. The molecule has 3 heteroatoms. The number of aryl methyl sites for hydroxylation is 2. The summed E-state index contributed by atoms with van der Waals surface area (Å²) in [6.07, 6.45) is 3.39. The van der Waals surface area contributed by atoms with Gasteiger partial charge in [-0.3, -0.25) is 4.79 Å². The topological polar surface area (TPSA) is 45.7 Å². The average molecular weight is 233 g/mol. The number of benzene rings is 1. The number of carbonyl (C=O) groups is 1. The van der Waals surface area contributed by atoms with E-state index >= 15 is 0 Å². The summed E-state index contributed by atoms with van der Waals surface area (Å²) in [4.78, 5) is 12.1. The van der Waals surface area contributed by atoms with Gasteiger partial charge in [0.1, 0.15) is 0 Å². The van der Waals surface area contributed by atoms with Crippen molar-refractivity contribution in [3.8, 4) is 0 Å². The van der Waals surface area contributed by atoms with Crippen LogP contribution in [0.2, 0.25) is 0 Å². The van der Waals surface area contributed by atoms with Crippen molar-refractivity contribution < 1.29 is 10.1 Å². The van der Waals surface area contributed by atoms with E-state index in [-0.39, 0.29) is 11.9 Å². The largest absolute Gasteiger partial charge is 0.336 e. The molecular weight excluding hydrogens is 212 g/mol. The number of carbonyl (C=O) groups excluding carboxylic acids is 1. The summed E-state index contributed by atoms with van der Waals surface area (Å²) in [5.41, 5.74) is 3.25. The molecule has 0 saturated carbocycles. The number of nitrogens with two attached hydrogens (primary N) is 1. The number of para-hydroxylation sites is 1. The lowest BCUT2D eigenvalue weighted by atomic mass is 10.0. The first-order chi connectivity index (χ1) is 8.18. The van der Waals surface area contributed by atoms with Gasteiger partial charge in [-0.2, -0.15) is 0 Å². The lowest BCUT2D eigenvalue weighted by molar-refractivity contribution is -0.684. The second-order valence-corrected chi connectivity index (χ2v) is 4.88. The van der Waals surface area contributed by atoms with E-state index in [2.05, 4.69) is 10.6 Å². The van der Waals surface area contributed by atoms with E-state index in [1.165, 1.54) is 12.8 Å². The van der Waals surface area contributed by atoms with Gasteiger partial charge in [0.25, 0.3) is 5.91 Å². The van der Waals surface area contributed by atoms with Crippen LogP contribution in [-0.4, -0.2) is 18.5 Å². The molecule has 1 aromatic rings. The maximum Gasteiger partial charge on any atom is 0.282 e. The highest BCUT2D eigenvalue weighted by Gasteiger charge is 2.24. The van der Waals surface area contributed by atoms with E-state index in [1.54, 1.807) is 0 Å². The third-order valence-electron chi connectivity index (χ3n) is 3.49. The summed E-state index contributed by atoms with van der Waals surface area (Å²) in [7, 11) is 0. The molecule has 1 fully saturated rings. The molecule has 3 nitrogen and oxygen atoms in total. The van der Waals surface area contributed by atoms with Crippen LogP contribution in [0, 0.1) is 13.8 Å². The molecule has 1 heterocycles. The first kappa shape index (κ1) is 12.1. The van der Waals surface area contributed by atoms with Crippen molar-refractivity contribution in [2.24, 2.45) is 0 Å². The number of quaternary nitrogens is 1. The molecule has 1 saturated heterocycles. The number of hydrogen-bond donors (Lipinski definition) is 2. The molecule has 92 valence electrons. The predicted molar refractivity (Wildman–Crippen MR) is 69.0 cm³/mol. The standard InChI is InChI=1S/C14H20N2O/c1-10-6-5-7-11(2)13(10)16-14(17)12-8-3-4-9-15-12/h5-7,12,15H,3-4,8-9H2,1-2H3,(H,16,17)/p+1/t12-/m0/s1. The summed E-state index contributed by atoms with van der Waals surface area (Å²) in [5.74, 6) is 0.155. The van der Waals surface area contributed by atoms with Crippen LogP contribution >= 0.6 is 0 Å². The Balaban J connectivity index is 2.07. The highest BCUT2D eigenvalue weighted by Crippen LogP contribution is 2.19. The number of piperidine rings is 1. The quantitative estimate of drug-likeness (QED) is 0.796. The normalized spacial score (nSPS) is 20.0. The summed E-state index contributed by atoms with van der Waals surface area (Å²) in [5, 5.41) is 5.24. The average Bonchev–Trinajstić information content (AvgIpc) is 2.35. The highest BCUT2D eigenvalue weighted by atomic mass is 16.2. The molecule has 1 aliphatic heterocycles. The van der Waals surface area contributed by atoms with Crippen LogP contribution in [0.25, 0.3) is 0 Å². The number of nitrogens with one attached hydrogen (secondary N) is 1. The Kier molecular flexibility index (Phi) is 3.79. The van der Waals surface area contributed by atoms with Crippen molar-refractivity contribution in [2.75, 3.05) is 11.9 Å². The van der Waals surface area contributed by atoms with Gasteiger partial charge in [0.05, 0.1) is 6.54 Å². The highest BCUT2D eigenvalue weighted by molar-refractivity contribution is 5.95. The molecular formula is C14H21N2O+. The Morgan fingerprint density at radius 3 is 2.59 bits per heavy atom. The van der Waals surface area contributed by atoms with Crippen molar-refractivity contribution in [3.05, 3.63) is 29.3 Å². The molecule has 1 amide bonds. The molecule has 0 aromatic heterocycles. The Hall–Kier alpha value is -1.35. The number of anilines is 1. The van der Waals surface area contributed by atoms with Crippen LogP contribution in [-0.2, 0) is 4.79 Å². The van der Waals surface area contributed by atoms with Crippen molar-refractivity contribution in [1.29, 1.82) is 0 Å². The molecule has 3 N–H and O–H groups in total. The zero-order chi connectivity index (χ0) is 12.3. The Bertz CT molecular complexity index is 388. The second-order valence-electron chi connectivity index (χ2n) is 4.88. The van der Waals surface area contributed by atoms with E-state index in [0.717, 1.165) is 29.8 Å². The minimum atomic E-state index is 0.0998. The van der Waals surface area contributed by atoms with Gasteiger partial charge in [0, 0.05) is 12.1 Å². The minimum Gasteiger partial charge on any atom is -0.336 e. The molecule has 0 spiro atoms. The van der Waals surface area contributed by atoms with Gasteiger partial charge in [-0.15, -0.1) is 0 Å². The third kappa shape index (κ3) is 2.86. The fourth-order valence-corrected chi connectivity index (χ4v) is 2.41. The van der Waals surface area contributed by atoms with Gasteiger partial charge in [-0.1, -0.05) is 18.2 Å². The van der Waals surface area contributed by atoms with Crippen LogP contribution in [0.15, 0.2) is 18.2 Å². The van der Waals surface area contributed by atoms with Crippen molar-refractivity contribution >= 4 is 11.6 Å². The Labute approximate surface area is 103 Å². The molecule has 0 unspecified atom stereocenters. The van der Waals surface area contributed by atoms with E-state index in [0.29, 0.717) is 0 Å². The summed E-state index contributed by atoms with van der Waals surface area (Å²) in [6, 6.07) is 6.19. The molecule has 1 atom stereocenters. The summed E-state index contributed by atoms with van der Waals surface area (Å²) < 4.78 is 0. The van der Waals surface area contributed by atoms with Gasteiger partial charge >= 0.3 is 0 Å². The first-order valence-corrected chi connectivity index (χ1v) is 6.39. The molecule has 1 aromatic carbocycles. The first-order valence-electron chi connectivity index (χ1n) is 6.39. The van der Waals surface area contributed by atoms with Gasteiger partial charge in [-0.05, 0) is 37.8 Å². The van der Waals surface area contributed by atoms with Gasteiger partial charge in [0.2, 0.25) is 0 Å². The summed E-state index contributed by atoms with van der Waals surface area (Å²) >= 11 is 0. The smallest absolute Gasteiger partial charge is 0.282 e. The number of hydrogen-bond acceptors (Lipinski definition) is 1. The molecule has 0 bridgehead atoms. The Morgan fingerprint density at radius 2 is 2.00 bits per heavy atom. The zero-order valence-electron chi connectivity index (χ0n) is 10.6. The molecule has 2 rings (SSSR count). The van der Waals surface area contributed by atoms with Crippen LogP contribution < -0.4 is 10.6 Å². The van der Waals surface area contributed by atoms with E-state index < -0.39 is 0 Å². The lowest BCUT2D eigenvalue weighted by Crippen LogP contribution is -2.93. The van der Waals surface area contributed by atoms with Crippen LogP contribution in [0.3, 0.4) is 0 Å². The molecule has 1 aliphatic rings. The third-order valence-corrected chi connectivity index (χ3v) is 3.49. The van der Waals surface area contributed by atoms with Crippen molar-refractivity contribution in [3.63, 3.8) is 0 Å². The summed E-state index contributed by atoms with van der Waals surface area (Å²) in [6.45, 7) is 5.14. The fraction of sp³-hybridized carbons (Fsp3) is 0.500. The van der Waals surface area contributed by atoms with E-state index in [1.807, 2.05) is 32.0 Å². The maximum absolute atomic E-state index is 12.1. The van der Waals surface area contributed by atoms with Gasteiger partial charge in [-0.25, -0.2) is 0 Å². The second kappa shape index (κ2) is 5.32. The molecule has 0 aliphatic carbocycles. The SMILES string of the molecule is Cc1cccc(C)c1NC(=O)[C@@H]1CCCC[NH2+]1. The number of amides is 1. The minimum absolute atomic E-state index is 0.0998. The van der Waals surface area contributed by atoms with E-state index in [4.69, 9.17) is 0 Å². The predicted octanol–water partition coefficient (Wildman–Crippen LogP) is 1.36. The van der Waals surface area contributed by atoms with Crippen molar-refractivity contribution in [1.82, 2.24) is 0 Å².